The van der Waals surface area contributed by atoms with Crippen LogP contribution in [0.3, 0.4) is 0 Å². The SMILES string of the molecule is Cc1cccc(C)c1NC(=O)CN(C)CC(=O)Nc1c(F)c(F)c(F)c(F)c1F. The van der Waals surface area contributed by atoms with Crippen molar-refractivity contribution in [3.8, 4) is 0 Å². The molecular weight excluding hydrogens is 397 g/mol. The molecule has 0 radical (unpaired) electrons. The van der Waals surface area contributed by atoms with Crippen LogP contribution in [-0.2, 0) is 9.59 Å². The number of carbonyl (C=O) groups excluding carboxylic acids is 2. The molecule has 10 heteroatoms. The van der Waals surface area contributed by atoms with Crippen LogP contribution in [-0.4, -0.2) is 36.9 Å². The molecule has 0 atom stereocenters. The summed E-state index contributed by atoms with van der Waals surface area (Å²) in [6.07, 6.45) is 0. The summed E-state index contributed by atoms with van der Waals surface area (Å²) in [5.74, 6) is -12.5. The third kappa shape index (κ3) is 5.08. The van der Waals surface area contributed by atoms with Gasteiger partial charge in [0, 0.05) is 5.69 Å². The molecule has 2 amide bonds. The van der Waals surface area contributed by atoms with Crippen molar-refractivity contribution in [2.75, 3.05) is 30.8 Å². The molecule has 2 aromatic rings. The number of anilines is 2. The van der Waals surface area contributed by atoms with E-state index >= 15 is 0 Å². The van der Waals surface area contributed by atoms with Crippen molar-refractivity contribution in [3.63, 3.8) is 0 Å². The predicted octanol–water partition coefficient (Wildman–Crippen LogP) is 3.51. The van der Waals surface area contributed by atoms with Gasteiger partial charge < -0.3 is 10.6 Å². The topological polar surface area (TPSA) is 61.4 Å². The smallest absolute Gasteiger partial charge is 0.238 e. The minimum Gasteiger partial charge on any atom is -0.324 e. The summed E-state index contributed by atoms with van der Waals surface area (Å²) in [5.41, 5.74) is 0.853. The van der Waals surface area contributed by atoms with Gasteiger partial charge in [-0.05, 0) is 32.0 Å². The van der Waals surface area contributed by atoms with Gasteiger partial charge in [0.25, 0.3) is 0 Å². The maximum Gasteiger partial charge on any atom is 0.238 e. The Bertz CT molecular complexity index is 916. The largest absolute Gasteiger partial charge is 0.324 e. The fourth-order valence-corrected chi connectivity index (χ4v) is 2.63. The van der Waals surface area contributed by atoms with Gasteiger partial charge >= 0.3 is 0 Å². The first kappa shape index (κ1) is 22.3. The summed E-state index contributed by atoms with van der Waals surface area (Å²) < 4.78 is 66.6. The third-order valence-electron chi connectivity index (χ3n) is 4.05. The highest BCUT2D eigenvalue weighted by Gasteiger charge is 2.27. The molecule has 2 aromatic carbocycles. The monoisotopic (exact) mass is 415 g/mol. The van der Waals surface area contributed by atoms with Gasteiger partial charge in [0.15, 0.2) is 23.3 Å². The summed E-state index contributed by atoms with van der Waals surface area (Å²) in [6, 6.07) is 5.45. The first-order valence-electron chi connectivity index (χ1n) is 8.38. The number of benzene rings is 2. The highest BCUT2D eigenvalue weighted by Crippen LogP contribution is 2.27. The molecule has 0 aliphatic heterocycles. The second-order valence-electron chi connectivity index (χ2n) is 6.48. The lowest BCUT2D eigenvalue weighted by atomic mass is 10.1. The van der Waals surface area contributed by atoms with Gasteiger partial charge in [0.1, 0.15) is 5.69 Å². The second-order valence-corrected chi connectivity index (χ2v) is 6.48. The maximum absolute atomic E-state index is 13.6. The number of halogens is 5. The number of aryl methyl sites for hydroxylation is 2. The Morgan fingerprint density at radius 2 is 1.14 bits per heavy atom. The van der Waals surface area contributed by atoms with Gasteiger partial charge in [-0.15, -0.1) is 0 Å². The van der Waals surface area contributed by atoms with E-state index in [1.807, 2.05) is 32.0 Å². The molecule has 0 fully saturated rings. The summed E-state index contributed by atoms with van der Waals surface area (Å²) in [7, 11) is 1.38. The summed E-state index contributed by atoms with van der Waals surface area (Å²) in [6.45, 7) is 2.84. The molecule has 0 aliphatic carbocycles. The quantitative estimate of drug-likeness (QED) is 0.431. The number of hydrogen-bond acceptors (Lipinski definition) is 3. The molecule has 2 N–H and O–H groups in total. The van der Waals surface area contributed by atoms with Crippen LogP contribution in [0.5, 0.6) is 0 Å². The molecule has 0 aliphatic rings. The highest BCUT2D eigenvalue weighted by molar-refractivity contribution is 5.95. The number of nitrogens with one attached hydrogen (secondary N) is 2. The van der Waals surface area contributed by atoms with Gasteiger partial charge in [-0.2, -0.15) is 0 Å². The van der Waals surface area contributed by atoms with E-state index in [9.17, 15) is 31.5 Å². The highest BCUT2D eigenvalue weighted by atomic mass is 19.2. The van der Waals surface area contributed by atoms with Gasteiger partial charge in [-0.25, -0.2) is 22.0 Å². The molecule has 0 bridgehead atoms. The van der Waals surface area contributed by atoms with Crippen LogP contribution < -0.4 is 10.6 Å². The molecule has 5 nitrogen and oxygen atoms in total. The van der Waals surface area contributed by atoms with Crippen LogP contribution >= 0.6 is 0 Å². The Morgan fingerprint density at radius 3 is 1.59 bits per heavy atom. The number of nitrogens with zero attached hydrogens (tertiary/aromatic N) is 1. The number of hydrogen-bond donors (Lipinski definition) is 2. The summed E-state index contributed by atoms with van der Waals surface area (Å²) in [5, 5.41) is 4.35. The minimum atomic E-state index is -2.32. The van der Waals surface area contributed by atoms with Gasteiger partial charge in [0.05, 0.1) is 13.1 Å². The van der Waals surface area contributed by atoms with E-state index in [4.69, 9.17) is 0 Å². The van der Waals surface area contributed by atoms with Crippen LogP contribution in [0.25, 0.3) is 0 Å². The van der Waals surface area contributed by atoms with E-state index in [0.717, 1.165) is 11.1 Å². The predicted molar refractivity (Wildman–Crippen MR) is 96.9 cm³/mol. The lowest BCUT2D eigenvalue weighted by Gasteiger charge is -2.18. The molecule has 0 unspecified atom stereocenters. The molecule has 29 heavy (non-hydrogen) atoms. The molecule has 0 saturated heterocycles. The zero-order valence-electron chi connectivity index (χ0n) is 15.8. The van der Waals surface area contributed by atoms with Crippen molar-refractivity contribution in [2.24, 2.45) is 0 Å². The molecule has 0 heterocycles. The van der Waals surface area contributed by atoms with Gasteiger partial charge in [-0.3, -0.25) is 14.5 Å². The third-order valence-corrected chi connectivity index (χ3v) is 4.05. The standard InChI is InChI=1S/C19H18F5N3O2/c1-9-5-4-6-10(2)18(9)25-11(28)7-27(3)8-12(29)26-19-16(23)14(21)13(20)15(22)17(19)24/h4-6H,7-8H2,1-3H3,(H,25,28)(H,26,29). The Kier molecular flexibility index (Phi) is 6.91. The molecular formula is C19H18F5N3O2. The van der Waals surface area contributed by atoms with Crippen LogP contribution in [0.4, 0.5) is 33.3 Å². The Hall–Kier alpha value is -3.01. The number of rotatable bonds is 6. The average molecular weight is 415 g/mol. The zero-order chi connectivity index (χ0) is 21.9. The van der Waals surface area contributed by atoms with E-state index in [-0.39, 0.29) is 6.54 Å². The van der Waals surface area contributed by atoms with Crippen LogP contribution in [0.2, 0.25) is 0 Å². The van der Waals surface area contributed by atoms with Crippen molar-refractivity contribution in [1.29, 1.82) is 0 Å². The van der Waals surface area contributed by atoms with Crippen LogP contribution in [0.1, 0.15) is 11.1 Å². The maximum atomic E-state index is 13.6. The number of likely N-dealkylation sites (N-methyl/N-ethyl adjacent to an activating group) is 1. The lowest BCUT2D eigenvalue weighted by molar-refractivity contribution is -0.119. The van der Waals surface area contributed by atoms with Crippen LogP contribution in [0.15, 0.2) is 18.2 Å². The van der Waals surface area contributed by atoms with E-state index in [0.29, 0.717) is 5.69 Å². The Balaban J connectivity index is 2.00. The van der Waals surface area contributed by atoms with E-state index < -0.39 is 53.1 Å². The van der Waals surface area contributed by atoms with Crippen molar-refractivity contribution >= 4 is 23.2 Å². The van der Waals surface area contributed by atoms with E-state index in [1.54, 1.807) is 5.32 Å². The normalized spacial score (nSPS) is 10.9. The Labute approximate surface area is 163 Å². The summed E-state index contributed by atoms with van der Waals surface area (Å²) in [4.78, 5) is 25.3. The second kappa shape index (κ2) is 8.99. The van der Waals surface area contributed by atoms with Crippen LogP contribution in [0, 0.1) is 42.9 Å². The average Bonchev–Trinajstić information content (AvgIpc) is 2.65. The lowest BCUT2D eigenvalue weighted by Crippen LogP contribution is -2.36. The van der Waals surface area contributed by atoms with E-state index in [2.05, 4.69) is 5.32 Å². The van der Waals surface area contributed by atoms with Crippen molar-refractivity contribution in [1.82, 2.24) is 4.90 Å². The van der Waals surface area contributed by atoms with Gasteiger partial charge in [0.2, 0.25) is 17.6 Å². The fraction of sp³-hybridized carbons (Fsp3) is 0.263. The Morgan fingerprint density at radius 1 is 0.759 bits per heavy atom. The fourth-order valence-electron chi connectivity index (χ4n) is 2.63. The number of para-hydroxylation sites is 1. The molecule has 0 spiro atoms. The molecule has 0 saturated carbocycles. The number of amides is 2. The summed E-state index contributed by atoms with van der Waals surface area (Å²) >= 11 is 0. The molecule has 2 rings (SSSR count). The molecule has 156 valence electrons. The minimum absolute atomic E-state index is 0.252. The van der Waals surface area contributed by atoms with E-state index in [1.165, 1.54) is 11.9 Å². The zero-order valence-corrected chi connectivity index (χ0v) is 15.8. The number of carbonyl (C=O) groups is 2. The van der Waals surface area contributed by atoms with Gasteiger partial charge in [-0.1, -0.05) is 18.2 Å². The van der Waals surface area contributed by atoms with Crippen molar-refractivity contribution < 1.29 is 31.5 Å². The first-order valence-corrected chi connectivity index (χ1v) is 8.38. The van der Waals surface area contributed by atoms with Crippen molar-refractivity contribution in [3.05, 3.63) is 58.4 Å². The first-order chi connectivity index (χ1) is 13.5. The molecule has 0 aromatic heterocycles. The van der Waals surface area contributed by atoms with Crippen molar-refractivity contribution in [2.45, 2.75) is 13.8 Å².